The largest absolute Gasteiger partial charge is 0.348 e. The maximum atomic E-state index is 12.8. The standard InChI is InChI=1S/C19H20N2OS/c22-19(20-15-8-4-5-9-15)17-12-18-16(10-11-23-18)21(17)13-14-6-2-1-3-7-14/h1-3,6-7,10-12,15H,4-5,8-9,13H2,(H,20,22). The monoisotopic (exact) mass is 324 g/mol. The van der Waals surface area contributed by atoms with Gasteiger partial charge in [0, 0.05) is 12.6 Å². The van der Waals surface area contributed by atoms with Gasteiger partial charge in [0.15, 0.2) is 0 Å². The molecule has 118 valence electrons. The second-order valence-corrected chi connectivity index (χ2v) is 7.17. The van der Waals surface area contributed by atoms with Gasteiger partial charge in [-0.05, 0) is 35.9 Å². The maximum Gasteiger partial charge on any atom is 0.268 e. The fourth-order valence-corrected chi connectivity index (χ4v) is 4.25. The molecular formula is C19H20N2OS. The van der Waals surface area contributed by atoms with Gasteiger partial charge in [0.05, 0.1) is 10.2 Å². The van der Waals surface area contributed by atoms with E-state index in [1.54, 1.807) is 11.3 Å². The number of nitrogens with zero attached hydrogens (tertiary/aromatic N) is 1. The smallest absolute Gasteiger partial charge is 0.268 e. The van der Waals surface area contributed by atoms with Crippen LogP contribution in [0.15, 0.2) is 47.8 Å². The molecule has 3 aromatic rings. The summed E-state index contributed by atoms with van der Waals surface area (Å²) in [6.07, 6.45) is 4.68. The number of benzene rings is 1. The van der Waals surface area contributed by atoms with Crippen molar-refractivity contribution < 1.29 is 4.79 Å². The van der Waals surface area contributed by atoms with Crippen LogP contribution in [-0.4, -0.2) is 16.5 Å². The minimum atomic E-state index is 0.0660. The fraction of sp³-hybridized carbons (Fsp3) is 0.316. The first kappa shape index (κ1) is 14.5. The molecule has 0 radical (unpaired) electrons. The number of thiophene rings is 1. The summed E-state index contributed by atoms with van der Waals surface area (Å²) < 4.78 is 3.32. The summed E-state index contributed by atoms with van der Waals surface area (Å²) in [5, 5.41) is 5.31. The highest BCUT2D eigenvalue weighted by Gasteiger charge is 2.21. The SMILES string of the molecule is O=C(NC1CCCC1)c1cc2sccc2n1Cc1ccccc1. The van der Waals surface area contributed by atoms with E-state index >= 15 is 0 Å². The molecule has 3 nitrogen and oxygen atoms in total. The van der Waals surface area contributed by atoms with Crippen molar-refractivity contribution in [3.8, 4) is 0 Å². The molecule has 4 heteroatoms. The van der Waals surface area contributed by atoms with Gasteiger partial charge in [-0.2, -0.15) is 0 Å². The Morgan fingerprint density at radius 2 is 1.96 bits per heavy atom. The molecule has 2 heterocycles. The van der Waals surface area contributed by atoms with Crippen molar-refractivity contribution in [3.63, 3.8) is 0 Å². The summed E-state index contributed by atoms with van der Waals surface area (Å²) in [5.74, 6) is 0.0660. The molecule has 0 spiro atoms. The number of carbonyl (C=O) groups excluding carboxylic acids is 1. The van der Waals surface area contributed by atoms with Crippen molar-refractivity contribution in [3.05, 3.63) is 59.1 Å². The Hall–Kier alpha value is -2.07. The fourth-order valence-electron chi connectivity index (χ4n) is 3.43. The summed E-state index contributed by atoms with van der Waals surface area (Å²) in [4.78, 5) is 12.8. The van der Waals surface area contributed by atoms with E-state index in [9.17, 15) is 4.79 Å². The van der Waals surface area contributed by atoms with Crippen LogP contribution in [0.3, 0.4) is 0 Å². The summed E-state index contributed by atoms with van der Waals surface area (Å²) in [6.45, 7) is 0.731. The number of aromatic nitrogens is 1. The van der Waals surface area contributed by atoms with Gasteiger partial charge in [-0.1, -0.05) is 43.2 Å². The van der Waals surface area contributed by atoms with E-state index in [1.165, 1.54) is 23.1 Å². The number of rotatable bonds is 4. The maximum absolute atomic E-state index is 12.8. The van der Waals surface area contributed by atoms with E-state index < -0.39 is 0 Å². The molecule has 4 rings (SSSR count). The molecule has 0 saturated heterocycles. The second kappa shape index (κ2) is 6.20. The predicted molar refractivity (Wildman–Crippen MR) is 95.1 cm³/mol. The van der Waals surface area contributed by atoms with E-state index in [1.807, 2.05) is 24.3 Å². The Balaban J connectivity index is 1.66. The number of hydrogen-bond donors (Lipinski definition) is 1. The number of carbonyl (C=O) groups is 1. The lowest BCUT2D eigenvalue weighted by molar-refractivity contribution is 0.0929. The van der Waals surface area contributed by atoms with E-state index in [0.717, 1.165) is 30.6 Å². The quantitative estimate of drug-likeness (QED) is 0.757. The van der Waals surface area contributed by atoms with Crippen molar-refractivity contribution in [2.45, 2.75) is 38.3 Å². The number of amides is 1. The highest BCUT2D eigenvalue weighted by molar-refractivity contribution is 7.17. The van der Waals surface area contributed by atoms with Gasteiger partial charge in [-0.3, -0.25) is 4.79 Å². The molecule has 0 aliphatic heterocycles. The molecule has 0 unspecified atom stereocenters. The van der Waals surface area contributed by atoms with Crippen molar-refractivity contribution >= 4 is 27.5 Å². The Morgan fingerprint density at radius 1 is 1.17 bits per heavy atom. The summed E-state index contributed by atoms with van der Waals surface area (Å²) >= 11 is 1.69. The Bertz CT molecular complexity index is 812. The molecule has 0 atom stereocenters. The van der Waals surface area contributed by atoms with E-state index in [-0.39, 0.29) is 5.91 Å². The number of nitrogens with one attached hydrogen (secondary N) is 1. The highest BCUT2D eigenvalue weighted by Crippen LogP contribution is 2.27. The average molecular weight is 324 g/mol. The molecule has 1 N–H and O–H groups in total. The first-order valence-electron chi connectivity index (χ1n) is 8.23. The molecule has 1 aliphatic carbocycles. The van der Waals surface area contributed by atoms with Crippen LogP contribution in [0.1, 0.15) is 41.7 Å². The zero-order valence-corrected chi connectivity index (χ0v) is 13.8. The summed E-state index contributed by atoms with van der Waals surface area (Å²) in [6, 6.07) is 14.8. The third-order valence-electron chi connectivity index (χ3n) is 4.63. The van der Waals surface area contributed by atoms with E-state index in [2.05, 4.69) is 33.5 Å². The molecule has 1 amide bonds. The average Bonchev–Trinajstić information content (AvgIpc) is 3.27. The molecule has 0 bridgehead atoms. The van der Waals surface area contributed by atoms with E-state index in [0.29, 0.717) is 6.04 Å². The van der Waals surface area contributed by atoms with Crippen molar-refractivity contribution in [1.82, 2.24) is 9.88 Å². The zero-order chi connectivity index (χ0) is 15.6. The van der Waals surface area contributed by atoms with Crippen LogP contribution in [0, 0.1) is 0 Å². The van der Waals surface area contributed by atoms with Gasteiger partial charge in [0.25, 0.3) is 5.91 Å². The molecule has 2 aromatic heterocycles. The van der Waals surface area contributed by atoms with Gasteiger partial charge in [0.1, 0.15) is 5.69 Å². The van der Waals surface area contributed by atoms with Gasteiger partial charge in [-0.25, -0.2) is 0 Å². The lowest BCUT2D eigenvalue weighted by Crippen LogP contribution is -2.34. The topological polar surface area (TPSA) is 34.0 Å². The lowest BCUT2D eigenvalue weighted by Gasteiger charge is -2.14. The number of fused-ring (bicyclic) bond motifs is 1. The summed E-state index contributed by atoms with van der Waals surface area (Å²) in [5.41, 5.74) is 3.14. The van der Waals surface area contributed by atoms with Crippen LogP contribution in [0.25, 0.3) is 10.2 Å². The Kier molecular flexibility index (Phi) is 3.92. The second-order valence-electron chi connectivity index (χ2n) is 6.23. The molecule has 1 aliphatic rings. The lowest BCUT2D eigenvalue weighted by atomic mass is 10.2. The van der Waals surface area contributed by atoms with Crippen molar-refractivity contribution in [2.75, 3.05) is 0 Å². The highest BCUT2D eigenvalue weighted by atomic mass is 32.1. The molecule has 1 aromatic carbocycles. The van der Waals surface area contributed by atoms with Crippen molar-refractivity contribution in [2.24, 2.45) is 0 Å². The predicted octanol–water partition coefficient (Wildman–Crippen LogP) is 4.42. The minimum absolute atomic E-state index is 0.0660. The normalized spacial score (nSPS) is 15.3. The summed E-state index contributed by atoms with van der Waals surface area (Å²) in [7, 11) is 0. The Labute approximate surface area is 139 Å². The molecule has 23 heavy (non-hydrogen) atoms. The molecule has 1 fully saturated rings. The van der Waals surface area contributed by atoms with Gasteiger partial charge in [-0.15, -0.1) is 11.3 Å². The zero-order valence-electron chi connectivity index (χ0n) is 13.0. The Morgan fingerprint density at radius 3 is 2.74 bits per heavy atom. The van der Waals surface area contributed by atoms with Gasteiger partial charge < -0.3 is 9.88 Å². The molecule has 1 saturated carbocycles. The minimum Gasteiger partial charge on any atom is -0.348 e. The van der Waals surface area contributed by atoms with Crippen LogP contribution in [-0.2, 0) is 6.54 Å². The first-order chi connectivity index (χ1) is 11.3. The van der Waals surface area contributed by atoms with Crippen LogP contribution >= 0.6 is 11.3 Å². The van der Waals surface area contributed by atoms with Crippen LogP contribution in [0.2, 0.25) is 0 Å². The molecular weight excluding hydrogens is 304 g/mol. The van der Waals surface area contributed by atoms with Gasteiger partial charge >= 0.3 is 0 Å². The van der Waals surface area contributed by atoms with E-state index in [4.69, 9.17) is 0 Å². The van der Waals surface area contributed by atoms with Crippen LogP contribution in [0.5, 0.6) is 0 Å². The number of hydrogen-bond acceptors (Lipinski definition) is 2. The third-order valence-corrected chi connectivity index (χ3v) is 5.48. The van der Waals surface area contributed by atoms with Crippen LogP contribution in [0.4, 0.5) is 0 Å². The third kappa shape index (κ3) is 2.91. The van der Waals surface area contributed by atoms with Crippen LogP contribution < -0.4 is 5.32 Å². The first-order valence-corrected chi connectivity index (χ1v) is 9.11. The van der Waals surface area contributed by atoms with Gasteiger partial charge in [0.2, 0.25) is 0 Å². The van der Waals surface area contributed by atoms with Crippen molar-refractivity contribution in [1.29, 1.82) is 0 Å².